The molecule has 0 bridgehead atoms. The molecule has 1 aromatic rings. The molecule has 1 aliphatic rings. The zero-order valence-electron chi connectivity index (χ0n) is 14.1. The number of halogens is 1. The van der Waals surface area contributed by atoms with Crippen LogP contribution in [0, 0.1) is 27.9 Å². The highest BCUT2D eigenvalue weighted by atomic mass is 35.5. The van der Waals surface area contributed by atoms with Crippen LogP contribution in [0.3, 0.4) is 0 Å². The molecule has 8 nitrogen and oxygen atoms in total. The summed E-state index contributed by atoms with van der Waals surface area (Å²) in [6, 6.07) is 6.49. The van der Waals surface area contributed by atoms with Gasteiger partial charge in [-0.15, -0.1) is 0 Å². The molecule has 0 heterocycles. The van der Waals surface area contributed by atoms with Crippen LogP contribution in [0.15, 0.2) is 24.3 Å². The Hall–Kier alpha value is -2.48. The summed E-state index contributed by atoms with van der Waals surface area (Å²) in [4.78, 5) is 46.0. The van der Waals surface area contributed by atoms with Crippen molar-refractivity contribution in [3.05, 3.63) is 39.4 Å². The average Bonchev–Trinajstić information content (AvgIpc) is 2.79. The molecule has 26 heavy (non-hydrogen) atoms. The van der Waals surface area contributed by atoms with Gasteiger partial charge in [-0.3, -0.25) is 24.5 Å². The molecule has 0 radical (unpaired) electrons. The van der Waals surface area contributed by atoms with Gasteiger partial charge < -0.3 is 10.1 Å². The molecule has 2 rings (SSSR count). The Bertz CT molecular complexity index is 723. The SMILES string of the molecule is C[C@@H]1CC(=O)[C@H](CC(=O)OCC(=O)Nc2cccc(Cl)c2)[C@@H]1C[N+](=O)[O-]. The predicted octanol–water partition coefficient (Wildman–Crippen LogP) is 2.33. The number of hydrogen-bond donors (Lipinski definition) is 1. The average molecular weight is 383 g/mol. The van der Waals surface area contributed by atoms with Crippen molar-refractivity contribution in [3.63, 3.8) is 0 Å². The lowest BCUT2D eigenvalue weighted by atomic mass is 9.88. The molecule has 140 valence electrons. The number of anilines is 1. The molecule has 0 aliphatic heterocycles. The third kappa shape index (κ3) is 5.52. The molecule has 0 unspecified atom stereocenters. The number of esters is 1. The lowest BCUT2D eigenvalue weighted by Crippen LogP contribution is -2.28. The smallest absolute Gasteiger partial charge is 0.307 e. The van der Waals surface area contributed by atoms with Crippen molar-refractivity contribution < 1.29 is 24.0 Å². The molecule has 1 saturated carbocycles. The summed E-state index contributed by atoms with van der Waals surface area (Å²) < 4.78 is 4.90. The minimum atomic E-state index is -0.737. The summed E-state index contributed by atoms with van der Waals surface area (Å²) in [7, 11) is 0. The number of nitro groups is 1. The summed E-state index contributed by atoms with van der Waals surface area (Å²) in [5.74, 6) is -2.84. The van der Waals surface area contributed by atoms with E-state index in [1.54, 1.807) is 31.2 Å². The zero-order valence-corrected chi connectivity index (χ0v) is 14.9. The van der Waals surface area contributed by atoms with Gasteiger partial charge in [-0.25, -0.2) is 0 Å². The highest BCUT2D eigenvalue weighted by Gasteiger charge is 2.44. The number of ether oxygens (including phenoxy) is 1. The molecule has 0 saturated heterocycles. The van der Waals surface area contributed by atoms with E-state index in [1.807, 2.05) is 0 Å². The van der Waals surface area contributed by atoms with Crippen molar-refractivity contribution in [1.29, 1.82) is 0 Å². The monoisotopic (exact) mass is 382 g/mol. The molecule has 1 fully saturated rings. The number of carbonyl (C=O) groups excluding carboxylic acids is 3. The Morgan fingerprint density at radius 3 is 2.81 bits per heavy atom. The quantitative estimate of drug-likeness (QED) is 0.439. The lowest BCUT2D eigenvalue weighted by Gasteiger charge is -2.17. The van der Waals surface area contributed by atoms with E-state index in [9.17, 15) is 24.5 Å². The standard InChI is InChI=1S/C17H19ClN2O6/c1-10-5-15(21)13(14(10)8-20(24)25)7-17(23)26-9-16(22)19-12-4-2-3-11(18)6-12/h2-4,6,10,13-14H,5,7-9H2,1H3,(H,19,22)/t10-,13-,14-/m1/s1. The molecule has 1 amide bonds. The first-order valence-electron chi connectivity index (χ1n) is 8.11. The van der Waals surface area contributed by atoms with Crippen LogP contribution in [0.25, 0.3) is 0 Å². The van der Waals surface area contributed by atoms with Gasteiger partial charge in [0.2, 0.25) is 6.54 Å². The number of nitrogens with zero attached hydrogens (tertiary/aromatic N) is 1. The van der Waals surface area contributed by atoms with Gasteiger partial charge in [0.25, 0.3) is 5.91 Å². The van der Waals surface area contributed by atoms with Crippen LogP contribution in [0.2, 0.25) is 5.02 Å². The van der Waals surface area contributed by atoms with E-state index in [2.05, 4.69) is 5.32 Å². The maximum Gasteiger partial charge on any atom is 0.307 e. The van der Waals surface area contributed by atoms with Gasteiger partial charge in [-0.1, -0.05) is 24.6 Å². The van der Waals surface area contributed by atoms with Gasteiger partial charge in [0.15, 0.2) is 6.61 Å². The second-order valence-corrected chi connectivity index (χ2v) is 6.79. The maximum absolute atomic E-state index is 12.0. The van der Waals surface area contributed by atoms with Gasteiger partial charge in [0.05, 0.1) is 6.42 Å². The number of carbonyl (C=O) groups is 3. The highest BCUT2D eigenvalue weighted by molar-refractivity contribution is 6.30. The van der Waals surface area contributed by atoms with Crippen LogP contribution in [-0.2, 0) is 19.1 Å². The number of amides is 1. The van der Waals surface area contributed by atoms with Gasteiger partial charge in [0, 0.05) is 33.9 Å². The number of ketones is 1. The third-order valence-electron chi connectivity index (χ3n) is 4.40. The number of benzene rings is 1. The van der Waals surface area contributed by atoms with Crippen molar-refractivity contribution in [2.75, 3.05) is 18.5 Å². The Kier molecular flexibility index (Phi) is 6.68. The van der Waals surface area contributed by atoms with Crippen LogP contribution in [0.5, 0.6) is 0 Å². The molecule has 1 aliphatic carbocycles. The minimum Gasteiger partial charge on any atom is -0.456 e. The fraction of sp³-hybridized carbons (Fsp3) is 0.471. The second-order valence-electron chi connectivity index (χ2n) is 6.36. The first kappa shape index (κ1) is 19.8. The van der Waals surface area contributed by atoms with Crippen LogP contribution >= 0.6 is 11.6 Å². The van der Waals surface area contributed by atoms with E-state index in [0.29, 0.717) is 10.7 Å². The van der Waals surface area contributed by atoms with Crippen molar-refractivity contribution in [1.82, 2.24) is 0 Å². The van der Waals surface area contributed by atoms with Crippen molar-refractivity contribution >= 4 is 34.9 Å². The molecular weight excluding hydrogens is 364 g/mol. The lowest BCUT2D eigenvalue weighted by molar-refractivity contribution is -0.490. The fourth-order valence-electron chi connectivity index (χ4n) is 3.15. The molecule has 1 aromatic carbocycles. The molecule has 1 N–H and O–H groups in total. The maximum atomic E-state index is 12.0. The Balaban J connectivity index is 1.84. The number of nitrogens with one attached hydrogen (secondary N) is 1. The summed E-state index contributed by atoms with van der Waals surface area (Å²) in [6.07, 6.45) is -0.0438. The van der Waals surface area contributed by atoms with Gasteiger partial charge >= 0.3 is 5.97 Å². The predicted molar refractivity (Wildman–Crippen MR) is 93.3 cm³/mol. The largest absolute Gasteiger partial charge is 0.456 e. The normalized spacial score (nSPS) is 22.1. The van der Waals surface area contributed by atoms with E-state index in [0.717, 1.165) is 0 Å². The molecule has 9 heteroatoms. The molecule has 0 spiro atoms. The number of Topliss-reactive ketones (excluding diaryl/α,β-unsaturated/α-hetero) is 1. The van der Waals surface area contributed by atoms with E-state index in [-0.39, 0.29) is 31.1 Å². The fourth-order valence-corrected chi connectivity index (χ4v) is 3.34. The Morgan fingerprint density at radius 2 is 2.15 bits per heavy atom. The van der Waals surface area contributed by atoms with Crippen LogP contribution in [0.4, 0.5) is 5.69 Å². The van der Waals surface area contributed by atoms with E-state index in [4.69, 9.17) is 16.3 Å². The summed E-state index contributed by atoms with van der Waals surface area (Å²) in [5.41, 5.74) is 0.462. The first-order valence-corrected chi connectivity index (χ1v) is 8.49. The Labute approximate surface area is 155 Å². The van der Waals surface area contributed by atoms with Gasteiger partial charge in [-0.05, 0) is 24.1 Å². The van der Waals surface area contributed by atoms with Crippen molar-refractivity contribution in [2.45, 2.75) is 19.8 Å². The van der Waals surface area contributed by atoms with E-state index < -0.39 is 35.2 Å². The molecular formula is C17H19ClN2O6. The molecule has 3 atom stereocenters. The molecule has 0 aromatic heterocycles. The number of rotatable bonds is 7. The van der Waals surface area contributed by atoms with Crippen molar-refractivity contribution in [3.8, 4) is 0 Å². The first-order chi connectivity index (χ1) is 12.3. The second kappa shape index (κ2) is 8.75. The van der Waals surface area contributed by atoms with Crippen LogP contribution < -0.4 is 5.32 Å². The van der Waals surface area contributed by atoms with E-state index >= 15 is 0 Å². The highest BCUT2D eigenvalue weighted by Crippen LogP contribution is 2.36. The minimum absolute atomic E-state index is 0.156. The Morgan fingerprint density at radius 1 is 1.42 bits per heavy atom. The summed E-state index contributed by atoms with van der Waals surface area (Å²) in [6.45, 7) is 0.887. The van der Waals surface area contributed by atoms with Crippen LogP contribution in [0.1, 0.15) is 19.8 Å². The number of hydrogen-bond acceptors (Lipinski definition) is 6. The topological polar surface area (TPSA) is 116 Å². The van der Waals surface area contributed by atoms with Gasteiger partial charge in [-0.2, -0.15) is 0 Å². The third-order valence-corrected chi connectivity index (χ3v) is 4.64. The summed E-state index contributed by atoms with van der Waals surface area (Å²) in [5, 5.41) is 13.7. The van der Waals surface area contributed by atoms with E-state index in [1.165, 1.54) is 0 Å². The van der Waals surface area contributed by atoms with Crippen LogP contribution in [-0.4, -0.2) is 35.7 Å². The van der Waals surface area contributed by atoms with Gasteiger partial charge in [0.1, 0.15) is 5.78 Å². The zero-order chi connectivity index (χ0) is 19.3. The summed E-state index contributed by atoms with van der Waals surface area (Å²) >= 11 is 5.81. The van der Waals surface area contributed by atoms with Crippen molar-refractivity contribution in [2.24, 2.45) is 17.8 Å².